The molecule has 0 bridgehead atoms. The second kappa shape index (κ2) is 6.66. The van der Waals surface area contributed by atoms with E-state index in [0.29, 0.717) is 31.7 Å². The normalized spacial score (nSPS) is 18.8. The molecule has 9 heteroatoms. The number of anilines is 1. The Labute approximate surface area is 129 Å². The molecule has 2 heterocycles. The van der Waals surface area contributed by atoms with E-state index >= 15 is 0 Å². The number of nitrogens with one attached hydrogen (secondary N) is 2. The Morgan fingerprint density at radius 3 is 2.77 bits per heavy atom. The molecule has 1 aliphatic heterocycles. The van der Waals surface area contributed by atoms with Gasteiger partial charge in [-0.2, -0.15) is 0 Å². The Morgan fingerprint density at radius 1 is 1.41 bits per heavy atom. The lowest BCUT2D eigenvalue weighted by molar-refractivity contribution is 0.558. The molecule has 0 aromatic carbocycles. The van der Waals surface area contributed by atoms with Gasteiger partial charge in [-0.1, -0.05) is 13.3 Å². The molecule has 0 saturated carbocycles. The van der Waals surface area contributed by atoms with Crippen molar-refractivity contribution in [2.45, 2.75) is 32.2 Å². The third-order valence-electron chi connectivity index (χ3n) is 3.77. The van der Waals surface area contributed by atoms with E-state index in [1.54, 1.807) is 0 Å². The van der Waals surface area contributed by atoms with E-state index < -0.39 is 15.7 Å². The molecule has 2 rings (SSSR count). The van der Waals surface area contributed by atoms with Gasteiger partial charge in [0.15, 0.2) is 0 Å². The lowest BCUT2D eigenvalue weighted by atomic mass is 10.3. The highest BCUT2D eigenvalue weighted by molar-refractivity contribution is 7.89. The molecular formula is C13H22N4O4S. The Hall–Kier alpha value is -1.61. The molecule has 0 aliphatic carbocycles. The first-order valence-electron chi connectivity index (χ1n) is 7.37. The summed E-state index contributed by atoms with van der Waals surface area (Å²) in [5.41, 5.74) is -0.861. The summed E-state index contributed by atoms with van der Waals surface area (Å²) in [6.07, 6.45) is 2.10. The molecule has 0 radical (unpaired) electrons. The Morgan fingerprint density at radius 2 is 2.14 bits per heavy atom. The van der Waals surface area contributed by atoms with Crippen LogP contribution in [-0.2, 0) is 17.1 Å². The molecule has 1 fully saturated rings. The van der Waals surface area contributed by atoms with Gasteiger partial charge in [-0.3, -0.25) is 14.3 Å². The van der Waals surface area contributed by atoms with Crippen molar-refractivity contribution < 1.29 is 8.42 Å². The van der Waals surface area contributed by atoms with Gasteiger partial charge in [-0.25, -0.2) is 17.9 Å². The third-order valence-corrected chi connectivity index (χ3v) is 5.29. The third kappa shape index (κ3) is 3.98. The molecule has 0 amide bonds. The van der Waals surface area contributed by atoms with Crippen molar-refractivity contribution in [1.82, 2.24) is 14.3 Å². The van der Waals surface area contributed by atoms with Gasteiger partial charge >= 0.3 is 5.69 Å². The highest BCUT2D eigenvalue weighted by Crippen LogP contribution is 2.16. The lowest BCUT2D eigenvalue weighted by Gasteiger charge is -2.18. The number of unbranched alkanes of at least 4 members (excludes halogenated alkanes) is 1. The predicted octanol–water partition coefficient (Wildman–Crippen LogP) is -0.628. The predicted molar refractivity (Wildman–Crippen MR) is 84.8 cm³/mol. The summed E-state index contributed by atoms with van der Waals surface area (Å²) in [5.74, 6) is 0.561. The highest BCUT2D eigenvalue weighted by atomic mass is 32.2. The van der Waals surface area contributed by atoms with Crippen LogP contribution in [0.25, 0.3) is 0 Å². The minimum Gasteiger partial charge on any atom is -0.356 e. The standard InChI is InChI=1S/C13H22N4O4S/c1-3-4-7-22(20,21)15-10-5-6-17(9-10)11-8-12(18)16(2)13(19)14-11/h8,10,15H,3-7,9H2,1-2H3,(H,14,19). The minimum atomic E-state index is -3.27. The molecule has 2 N–H and O–H groups in total. The van der Waals surface area contributed by atoms with Crippen LogP contribution in [0.4, 0.5) is 5.82 Å². The monoisotopic (exact) mass is 330 g/mol. The molecule has 124 valence electrons. The number of H-pyrrole nitrogens is 1. The molecule has 0 spiro atoms. The van der Waals surface area contributed by atoms with E-state index in [4.69, 9.17) is 0 Å². The Bertz CT molecular complexity index is 706. The van der Waals surface area contributed by atoms with Gasteiger partial charge in [0, 0.05) is 32.2 Å². The van der Waals surface area contributed by atoms with Gasteiger partial charge in [-0.15, -0.1) is 0 Å². The number of sulfonamides is 1. The van der Waals surface area contributed by atoms with Crippen LogP contribution >= 0.6 is 0 Å². The van der Waals surface area contributed by atoms with E-state index in [-0.39, 0.29) is 17.4 Å². The first kappa shape index (κ1) is 16.8. The van der Waals surface area contributed by atoms with Crippen molar-refractivity contribution >= 4 is 15.8 Å². The number of nitrogens with zero attached hydrogens (tertiary/aromatic N) is 2. The minimum absolute atomic E-state index is 0.128. The summed E-state index contributed by atoms with van der Waals surface area (Å²) >= 11 is 0. The van der Waals surface area contributed by atoms with Crippen LogP contribution in [0.1, 0.15) is 26.2 Å². The molecular weight excluding hydrogens is 308 g/mol. The van der Waals surface area contributed by atoms with Crippen LogP contribution in [0.2, 0.25) is 0 Å². The first-order chi connectivity index (χ1) is 10.3. The summed E-state index contributed by atoms with van der Waals surface area (Å²) in [6.45, 7) is 2.97. The zero-order valence-electron chi connectivity index (χ0n) is 12.8. The van der Waals surface area contributed by atoms with E-state index in [2.05, 4.69) is 9.71 Å². The van der Waals surface area contributed by atoms with Crippen LogP contribution in [0, 0.1) is 0 Å². The maximum absolute atomic E-state index is 11.9. The van der Waals surface area contributed by atoms with Crippen molar-refractivity contribution in [3.63, 3.8) is 0 Å². The van der Waals surface area contributed by atoms with E-state index in [0.717, 1.165) is 11.0 Å². The average molecular weight is 330 g/mol. The van der Waals surface area contributed by atoms with Crippen LogP contribution in [0.5, 0.6) is 0 Å². The molecule has 1 aromatic rings. The van der Waals surface area contributed by atoms with Crippen molar-refractivity contribution in [2.75, 3.05) is 23.7 Å². The van der Waals surface area contributed by atoms with E-state index in [9.17, 15) is 18.0 Å². The fourth-order valence-electron chi connectivity index (χ4n) is 2.44. The molecule has 1 saturated heterocycles. The van der Waals surface area contributed by atoms with Gasteiger partial charge in [0.05, 0.1) is 5.75 Å². The molecule has 1 atom stereocenters. The van der Waals surface area contributed by atoms with Crippen LogP contribution in [-0.4, -0.2) is 42.9 Å². The number of aromatic nitrogens is 2. The summed E-state index contributed by atoms with van der Waals surface area (Å²) < 4.78 is 27.5. The van der Waals surface area contributed by atoms with Gasteiger partial charge in [0.2, 0.25) is 10.0 Å². The smallest absolute Gasteiger partial charge is 0.329 e. The second-order valence-electron chi connectivity index (χ2n) is 5.58. The van der Waals surface area contributed by atoms with Gasteiger partial charge in [0.1, 0.15) is 5.82 Å². The largest absolute Gasteiger partial charge is 0.356 e. The van der Waals surface area contributed by atoms with Crippen molar-refractivity contribution in [1.29, 1.82) is 0 Å². The average Bonchev–Trinajstić information content (AvgIpc) is 2.89. The molecule has 22 heavy (non-hydrogen) atoms. The van der Waals surface area contributed by atoms with Gasteiger partial charge in [0.25, 0.3) is 5.56 Å². The van der Waals surface area contributed by atoms with Crippen molar-refractivity contribution in [3.8, 4) is 0 Å². The lowest BCUT2D eigenvalue weighted by Crippen LogP contribution is -2.39. The number of rotatable bonds is 6. The zero-order chi connectivity index (χ0) is 16.3. The van der Waals surface area contributed by atoms with Crippen molar-refractivity contribution in [3.05, 3.63) is 26.9 Å². The van der Waals surface area contributed by atoms with E-state index in [1.165, 1.54) is 13.1 Å². The zero-order valence-corrected chi connectivity index (χ0v) is 13.6. The maximum Gasteiger partial charge on any atom is 0.329 e. The summed E-state index contributed by atoms with van der Waals surface area (Å²) in [4.78, 5) is 27.7. The quantitative estimate of drug-likeness (QED) is 0.723. The Balaban J connectivity index is 2.04. The van der Waals surface area contributed by atoms with Crippen LogP contribution in [0.15, 0.2) is 15.7 Å². The molecule has 8 nitrogen and oxygen atoms in total. The second-order valence-corrected chi connectivity index (χ2v) is 7.45. The number of hydrogen-bond donors (Lipinski definition) is 2. The molecule has 1 aliphatic rings. The number of hydrogen-bond acceptors (Lipinski definition) is 5. The SMILES string of the molecule is CCCCS(=O)(=O)NC1CCN(c2cc(=O)n(C)c(=O)[nH]2)C1. The Kier molecular flexibility index (Phi) is 5.07. The first-order valence-corrected chi connectivity index (χ1v) is 9.03. The molecule has 1 unspecified atom stereocenters. The van der Waals surface area contributed by atoms with Crippen LogP contribution < -0.4 is 20.9 Å². The maximum atomic E-state index is 11.9. The van der Waals surface area contributed by atoms with Crippen LogP contribution in [0.3, 0.4) is 0 Å². The van der Waals surface area contributed by atoms with Gasteiger partial charge in [-0.05, 0) is 12.8 Å². The fourth-order valence-corrected chi connectivity index (χ4v) is 3.92. The highest BCUT2D eigenvalue weighted by Gasteiger charge is 2.27. The van der Waals surface area contributed by atoms with Crippen molar-refractivity contribution in [2.24, 2.45) is 7.05 Å². The topological polar surface area (TPSA) is 104 Å². The van der Waals surface area contributed by atoms with E-state index in [1.807, 2.05) is 11.8 Å². The number of aromatic amines is 1. The van der Waals surface area contributed by atoms with Gasteiger partial charge < -0.3 is 4.90 Å². The summed E-state index contributed by atoms with van der Waals surface area (Å²) in [5, 5.41) is 0. The summed E-state index contributed by atoms with van der Waals surface area (Å²) in [6, 6.07) is 1.16. The molecule has 1 aromatic heterocycles. The summed E-state index contributed by atoms with van der Waals surface area (Å²) in [7, 11) is -1.87. The fraction of sp³-hybridized carbons (Fsp3) is 0.692.